The molecule has 0 amide bonds. The predicted molar refractivity (Wildman–Crippen MR) is 116 cm³/mol. The number of aromatic nitrogens is 2. The molecule has 2 heterocycles. The van der Waals surface area contributed by atoms with Gasteiger partial charge < -0.3 is 10.5 Å². The highest BCUT2D eigenvalue weighted by Crippen LogP contribution is 2.30. The molecule has 29 heavy (non-hydrogen) atoms. The summed E-state index contributed by atoms with van der Waals surface area (Å²) in [5.74, 6) is 0.142. The number of aryl methyl sites for hydroxylation is 4. The van der Waals surface area contributed by atoms with Crippen molar-refractivity contribution < 1.29 is 9.53 Å². The second-order valence-corrected chi connectivity index (χ2v) is 7.34. The Labute approximate surface area is 169 Å². The quantitative estimate of drug-likeness (QED) is 0.412. The summed E-state index contributed by atoms with van der Waals surface area (Å²) >= 11 is 0. The summed E-state index contributed by atoms with van der Waals surface area (Å²) in [6, 6.07) is 14.0. The highest BCUT2D eigenvalue weighted by molar-refractivity contribution is 6.09. The fraction of sp³-hybridized carbons (Fsp3) is 0.208. The van der Waals surface area contributed by atoms with E-state index < -0.39 is 0 Å². The zero-order valence-corrected chi connectivity index (χ0v) is 16.8. The lowest BCUT2D eigenvalue weighted by Gasteiger charge is -2.12. The van der Waals surface area contributed by atoms with Crippen LogP contribution in [0.1, 0.15) is 32.6 Å². The molecule has 2 N–H and O–H groups in total. The van der Waals surface area contributed by atoms with Gasteiger partial charge in [-0.1, -0.05) is 18.2 Å². The Balaban J connectivity index is 1.74. The third-order valence-corrected chi connectivity index (χ3v) is 5.37. The molecule has 0 saturated carbocycles. The molecule has 0 atom stereocenters. The van der Waals surface area contributed by atoms with Crippen LogP contribution in [0.2, 0.25) is 0 Å². The maximum Gasteiger partial charge on any atom is 0.337 e. The van der Waals surface area contributed by atoms with Crippen molar-refractivity contribution in [3.63, 3.8) is 0 Å². The Morgan fingerprint density at radius 2 is 1.83 bits per heavy atom. The van der Waals surface area contributed by atoms with E-state index in [4.69, 9.17) is 10.5 Å². The first kappa shape index (κ1) is 18.9. The van der Waals surface area contributed by atoms with E-state index in [9.17, 15) is 4.79 Å². The number of carbonyl (C=O) groups is 1. The molecule has 4 aromatic rings. The van der Waals surface area contributed by atoms with Crippen LogP contribution in [0.4, 0.5) is 5.82 Å². The van der Waals surface area contributed by atoms with Gasteiger partial charge in [-0.05, 0) is 73.2 Å². The molecule has 0 spiro atoms. The molecule has 5 nitrogen and oxygen atoms in total. The number of nitrogens with zero attached hydrogens (tertiary/aromatic N) is 2. The van der Waals surface area contributed by atoms with E-state index in [-0.39, 0.29) is 5.97 Å². The van der Waals surface area contributed by atoms with Crippen LogP contribution in [0.5, 0.6) is 0 Å². The van der Waals surface area contributed by atoms with Crippen LogP contribution in [-0.4, -0.2) is 23.0 Å². The maximum absolute atomic E-state index is 11.7. The average Bonchev–Trinajstić information content (AvgIpc) is 2.72. The van der Waals surface area contributed by atoms with Gasteiger partial charge in [0.15, 0.2) is 5.82 Å². The number of ether oxygens (including phenoxy) is 1. The number of fused-ring (bicyclic) bond motifs is 3. The first-order chi connectivity index (χ1) is 14.0. The molecule has 4 rings (SSSR count). The number of hydrogen-bond acceptors (Lipinski definition) is 5. The number of carbonyl (C=O) groups excluding carboxylic acids is 1. The number of anilines is 1. The van der Waals surface area contributed by atoms with E-state index in [1.807, 2.05) is 32.0 Å². The van der Waals surface area contributed by atoms with Crippen molar-refractivity contribution in [2.75, 3.05) is 12.8 Å². The van der Waals surface area contributed by atoms with E-state index in [1.165, 1.54) is 18.2 Å². The highest BCUT2D eigenvalue weighted by atomic mass is 16.5. The fourth-order valence-corrected chi connectivity index (χ4v) is 3.82. The molecule has 0 bridgehead atoms. The van der Waals surface area contributed by atoms with E-state index in [1.54, 1.807) is 6.20 Å². The van der Waals surface area contributed by atoms with Crippen LogP contribution < -0.4 is 5.73 Å². The molecule has 2 aromatic heterocycles. The number of nitrogen functional groups attached to an aromatic ring is 1. The topological polar surface area (TPSA) is 78.1 Å². The molecule has 0 unspecified atom stereocenters. The number of benzene rings is 2. The van der Waals surface area contributed by atoms with Crippen LogP contribution in [-0.2, 0) is 17.6 Å². The van der Waals surface area contributed by atoms with E-state index in [0.717, 1.165) is 45.8 Å². The monoisotopic (exact) mass is 385 g/mol. The summed E-state index contributed by atoms with van der Waals surface area (Å²) in [6.45, 7) is 4.07. The smallest absolute Gasteiger partial charge is 0.337 e. The van der Waals surface area contributed by atoms with Gasteiger partial charge >= 0.3 is 5.97 Å². The van der Waals surface area contributed by atoms with Crippen molar-refractivity contribution in [3.8, 4) is 0 Å². The van der Waals surface area contributed by atoms with E-state index in [0.29, 0.717) is 11.4 Å². The van der Waals surface area contributed by atoms with Crippen LogP contribution in [0.15, 0.2) is 48.7 Å². The summed E-state index contributed by atoms with van der Waals surface area (Å²) in [5, 5.41) is 2.14. The third-order valence-electron chi connectivity index (χ3n) is 5.37. The van der Waals surface area contributed by atoms with Crippen molar-refractivity contribution in [1.82, 2.24) is 9.97 Å². The zero-order valence-electron chi connectivity index (χ0n) is 16.8. The minimum absolute atomic E-state index is 0.315. The summed E-state index contributed by atoms with van der Waals surface area (Å²) in [5.41, 5.74) is 13.0. The normalized spacial score (nSPS) is 11.1. The van der Waals surface area contributed by atoms with Gasteiger partial charge in [-0.15, -0.1) is 0 Å². The van der Waals surface area contributed by atoms with Crippen molar-refractivity contribution in [2.45, 2.75) is 26.7 Å². The fourth-order valence-electron chi connectivity index (χ4n) is 3.82. The Bertz CT molecular complexity index is 1250. The first-order valence-corrected chi connectivity index (χ1v) is 9.59. The average molecular weight is 385 g/mol. The first-order valence-electron chi connectivity index (χ1n) is 9.59. The largest absolute Gasteiger partial charge is 0.465 e. The molecular formula is C24H23N3O2. The molecule has 146 valence electrons. The van der Waals surface area contributed by atoms with Crippen LogP contribution >= 0.6 is 0 Å². The predicted octanol–water partition coefficient (Wildman–Crippen LogP) is 4.55. The Morgan fingerprint density at radius 3 is 2.59 bits per heavy atom. The van der Waals surface area contributed by atoms with Gasteiger partial charge in [-0.3, -0.25) is 4.98 Å². The molecule has 0 aliphatic rings. The molecule has 0 fully saturated rings. The van der Waals surface area contributed by atoms with Gasteiger partial charge in [0.25, 0.3) is 0 Å². The van der Waals surface area contributed by atoms with Crippen molar-refractivity contribution in [2.24, 2.45) is 0 Å². The van der Waals surface area contributed by atoms with Gasteiger partial charge in [0.1, 0.15) is 5.52 Å². The van der Waals surface area contributed by atoms with Crippen LogP contribution in [0.25, 0.3) is 21.8 Å². The molecule has 5 heteroatoms. The van der Waals surface area contributed by atoms with E-state index in [2.05, 4.69) is 34.2 Å². The molecule has 0 radical (unpaired) electrons. The van der Waals surface area contributed by atoms with Crippen LogP contribution in [0, 0.1) is 13.8 Å². The summed E-state index contributed by atoms with van der Waals surface area (Å²) < 4.78 is 4.81. The molecule has 0 aliphatic carbocycles. The third kappa shape index (κ3) is 3.51. The van der Waals surface area contributed by atoms with Gasteiger partial charge in [-0.25, -0.2) is 9.78 Å². The van der Waals surface area contributed by atoms with Gasteiger partial charge in [0, 0.05) is 17.0 Å². The Hall–Kier alpha value is -3.47. The standard InChI is InChI=1S/C24H23N3O2/c1-14-4-9-19-20(12-14)27-23(25)22-21(19)17(10-11-26-22)7-5-16-6-8-18(13-15(16)2)24(28)29-3/h4,6,8-13H,5,7H2,1-3H3,(H2,25,27). The molecular weight excluding hydrogens is 362 g/mol. The maximum atomic E-state index is 11.7. The van der Waals surface area contributed by atoms with Gasteiger partial charge in [0.05, 0.1) is 18.2 Å². The Morgan fingerprint density at radius 1 is 1.03 bits per heavy atom. The van der Waals surface area contributed by atoms with Gasteiger partial charge in [-0.2, -0.15) is 0 Å². The molecule has 2 aromatic carbocycles. The Kier molecular flexibility index (Phi) is 4.89. The summed E-state index contributed by atoms with van der Waals surface area (Å²) in [4.78, 5) is 20.8. The molecule has 0 aliphatic heterocycles. The lowest BCUT2D eigenvalue weighted by atomic mass is 9.95. The minimum Gasteiger partial charge on any atom is -0.465 e. The number of methoxy groups -OCH3 is 1. The second-order valence-electron chi connectivity index (χ2n) is 7.34. The van der Waals surface area contributed by atoms with Crippen molar-refractivity contribution in [1.29, 1.82) is 0 Å². The minimum atomic E-state index is -0.315. The summed E-state index contributed by atoms with van der Waals surface area (Å²) in [7, 11) is 1.40. The number of nitrogens with two attached hydrogens (primary N) is 1. The number of hydrogen-bond donors (Lipinski definition) is 1. The van der Waals surface area contributed by atoms with Gasteiger partial charge in [0.2, 0.25) is 0 Å². The lowest BCUT2D eigenvalue weighted by molar-refractivity contribution is 0.0600. The highest BCUT2D eigenvalue weighted by Gasteiger charge is 2.13. The van der Waals surface area contributed by atoms with E-state index >= 15 is 0 Å². The second kappa shape index (κ2) is 7.51. The zero-order chi connectivity index (χ0) is 20.5. The SMILES string of the molecule is COC(=O)c1ccc(CCc2ccnc3c(N)nc4cc(C)ccc4c23)c(C)c1. The van der Waals surface area contributed by atoms with Crippen molar-refractivity contribution in [3.05, 3.63) is 76.5 Å². The number of pyridine rings is 2. The number of rotatable bonds is 4. The van der Waals surface area contributed by atoms with Crippen molar-refractivity contribution >= 4 is 33.6 Å². The molecule has 0 saturated heterocycles. The number of esters is 1. The lowest BCUT2D eigenvalue weighted by Crippen LogP contribution is -2.03. The summed E-state index contributed by atoms with van der Waals surface area (Å²) in [6.07, 6.45) is 3.48. The van der Waals surface area contributed by atoms with Crippen LogP contribution in [0.3, 0.4) is 0 Å².